The van der Waals surface area contributed by atoms with Crippen LogP contribution in [0.1, 0.15) is 31.0 Å². The zero-order chi connectivity index (χ0) is 32.5. The molecule has 2 aromatic rings. The van der Waals surface area contributed by atoms with Crippen molar-refractivity contribution < 1.29 is 36.6 Å². The Morgan fingerprint density at radius 2 is 1.91 bits per heavy atom. The quantitative estimate of drug-likeness (QED) is 0.158. The number of thioether (sulfide) groups is 1. The van der Waals surface area contributed by atoms with Crippen molar-refractivity contribution in [1.82, 2.24) is 14.5 Å². The average molecular weight is 632 g/mol. The lowest BCUT2D eigenvalue weighted by molar-refractivity contribution is -0.137. The zero-order valence-corrected chi connectivity index (χ0v) is 24.8. The zero-order valence-electron chi connectivity index (χ0n) is 23.9. The lowest BCUT2D eigenvalue weighted by Gasteiger charge is -2.45. The molecule has 1 amide bonds. The smallest absolute Gasteiger partial charge is 0.417 e. The number of hydrogen-bond donors (Lipinski definition) is 1. The molecule has 1 aromatic carbocycles. The molecule has 0 aliphatic carbocycles. The van der Waals surface area contributed by atoms with Crippen molar-refractivity contribution in [2.75, 3.05) is 37.5 Å². The Kier molecular flexibility index (Phi) is 10.0. The maximum Gasteiger partial charge on any atom is 0.417 e. The van der Waals surface area contributed by atoms with Gasteiger partial charge in [0.05, 0.1) is 30.1 Å². The van der Waals surface area contributed by atoms with E-state index in [1.54, 1.807) is 18.7 Å². The number of rotatable bonds is 7. The van der Waals surface area contributed by atoms with Crippen LogP contribution in [0.2, 0.25) is 0 Å². The SMILES string of the molecule is [B]/C(O)=C(/[B])C(=O)N1C(C)CN(c2nc(=O)n3c4c(c(/C=C/C=C(F)\C=C\F)c(C(F)(F)F)cc24)SCC3COC)CC1C. The molecule has 0 bridgehead atoms. The summed E-state index contributed by atoms with van der Waals surface area (Å²) in [4.78, 5) is 33.9. The first-order valence-electron chi connectivity index (χ1n) is 13.4. The first-order chi connectivity index (χ1) is 20.7. The number of carbonyl (C=O) groups excluding carboxylic acids is 1. The van der Waals surface area contributed by atoms with Crippen molar-refractivity contribution in [3.63, 3.8) is 0 Å². The third-order valence-corrected chi connectivity index (χ3v) is 8.59. The molecule has 0 spiro atoms. The molecule has 8 nitrogen and oxygen atoms in total. The van der Waals surface area contributed by atoms with Crippen molar-refractivity contribution in [1.29, 1.82) is 0 Å². The van der Waals surface area contributed by atoms with Crippen molar-refractivity contribution in [3.05, 3.63) is 69.2 Å². The van der Waals surface area contributed by atoms with Gasteiger partial charge in [-0.25, -0.2) is 13.6 Å². The monoisotopic (exact) mass is 632 g/mol. The van der Waals surface area contributed by atoms with Crippen LogP contribution in [0.5, 0.6) is 0 Å². The Labute approximate surface area is 256 Å². The number of halogens is 5. The first kappa shape index (κ1) is 33.4. The van der Waals surface area contributed by atoms with Gasteiger partial charge in [-0.05, 0) is 31.5 Å². The maximum atomic E-state index is 14.6. The average Bonchev–Trinajstić information content (AvgIpc) is 2.94. The summed E-state index contributed by atoms with van der Waals surface area (Å²) >= 11 is 1.10. The molecular formula is C28H27B2F5N4O4S. The highest BCUT2D eigenvalue weighted by Crippen LogP contribution is 2.46. The van der Waals surface area contributed by atoms with Gasteiger partial charge in [-0.2, -0.15) is 18.2 Å². The third-order valence-electron chi connectivity index (χ3n) is 7.33. The molecule has 0 saturated carbocycles. The molecule has 3 heterocycles. The first-order valence-corrected chi connectivity index (χ1v) is 14.3. The normalized spacial score (nSPS) is 21.9. The third kappa shape index (κ3) is 6.46. The van der Waals surface area contributed by atoms with E-state index in [0.717, 1.165) is 36.1 Å². The van der Waals surface area contributed by atoms with E-state index in [4.69, 9.17) is 20.4 Å². The summed E-state index contributed by atoms with van der Waals surface area (Å²) in [5.74, 6) is -1.53. The minimum absolute atomic E-state index is 0.00259. The van der Waals surface area contributed by atoms with Crippen LogP contribution in [-0.2, 0) is 15.7 Å². The fraction of sp³-hybridized carbons (Fsp3) is 0.393. The largest absolute Gasteiger partial charge is 0.524 e. The number of anilines is 1. The topological polar surface area (TPSA) is 87.9 Å². The van der Waals surface area contributed by atoms with Gasteiger partial charge in [-0.3, -0.25) is 9.36 Å². The predicted octanol–water partition coefficient (Wildman–Crippen LogP) is 4.55. The number of ether oxygens (including phenoxy) is 1. The van der Waals surface area contributed by atoms with Gasteiger partial charge >= 0.3 is 11.9 Å². The Morgan fingerprint density at radius 3 is 2.48 bits per heavy atom. The molecule has 2 aliphatic rings. The Hall–Kier alpha value is -3.52. The molecule has 3 atom stereocenters. The molecule has 1 aromatic heterocycles. The van der Waals surface area contributed by atoms with E-state index in [0.29, 0.717) is 6.08 Å². The number of aromatic nitrogens is 2. The Balaban J connectivity index is 1.95. The molecule has 1 N–H and O–H groups in total. The van der Waals surface area contributed by atoms with Crippen LogP contribution in [0, 0.1) is 0 Å². The number of alkyl halides is 3. The molecule has 4 rings (SSSR count). The molecule has 4 radical (unpaired) electrons. The fourth-order valence-corrected chi connectivity index (χ4v) is 6.85. The molecule has 2 aliphatic heterocycles. The summed E-state index contributed by atoms with van der Waals surface area (Å²) in [7, 11) is 12.4. The number of aliphatic hydroxyl groups excluding tert-OH is 1. The lowest BCUT2D eigenvalue weighted by atomic mass is 9.85. The molecule has 44 heavy (non-hydrogen) atoms. The van der Waals surface area contributed by atoms with Gasteiger partial charge in [0, 0.05) is 65.6 Å². The second-order valence-corrected chi connectivity index (χ2v) is 11.4. The van der Waals surface area contributed by atoms with Crippen LogP contribution in [0.15, 0.2) is 57.3 Å². The van der Waals surface area contributed by atoms with Gasteiger partial charge in [-0.15, -0.1) is 11.8 Å². The van der Waals surface area contributed by atoms with Crippen molar-refractivity contribution in [2.45, 2.75) is 43.0 Å². The molecule has 1 fully saturated rings. The minimum atomic E-state index is -4.85. The summed E-state index contributed by atoms with van der Waals surface area (Å²) in [5.41, 5.74) is -3.20. The van der Waals surface area contributed by atoms with Crippen LogP contribution in [0.25, 0.3) is 17.0 Å². The number of allylic oxidation sites excluding steroid dienone is 4. The number of piperazine rings is 1. The second-order valence-electron chi connectivity index (χ2n) is 10.4. The van der Waals surface area contributed by atoms with E-state index >= 15 is 0 Å². The number of carbonyl (C=O) groups is 1. The highest BCUT2D eigenvalue weighted by atomic mass is 32.2. The van der Waals surface area contributed by atoms with Crippen LogP contribution in [-0.4, -0.2) is 85.8 Å². The Morgan fingerprint density at radius 1 is 1.25 bits per heavy atom. The summed E-state index contributed by atoms with van der Waals surface area (Å²) in [6, 6.07) is -0.777. The van der Waals surface area contributed by atoms with E-state index in [1.165, 1.54) is 16.6 Å². The van der Waals surface area contributed by atoms with Gasteiger partial charge in [0.1, 0.15) is 19.5 Å². The number of benzene rings is 1. The number of amides is 1. The van der Waals surface area contributed by atoms with Crippen LogP contribution in [0.3, 0.4) is 0 Å². The number of methoxy groups -OCH3 is 1. The van der Waals surface area contributed by atoms with Crippen LogP contribution in [0.4, 0.5) is 27.8 Å². The number of aliphatic hydroxyl groups is 1. The predicted molar refractivity (Wildman–Crippen MR) is 160 cm³/mol. The van der Waals surface area contributed by atoms with Crippen molar-refractivity contribution >= 4 is 56.2 Å². The molecule has 16 heteroatoms. The van der Waals surface area contributed by atoms with E-state index in [9.17, 15) is 36.6 Å². The lowest BCUT2D eigenvalue weighted by Crippen LogP contribution is -2.59. The highest BCUT2D eigenvalue weighted by molar-refractivity contribution is 7.99. The minimum Gasteiger partial charge on any atom is -0.524 e. The molecule has 3 unspecified atom stereocenters. The second kappa shape index (κ2) is 13.2. The molecule has 230 valence electrons. The number of hydrogen-bond acceptors (Lipinski definition) is 7. The molecule has 1 saturated heterocycles. The van der Waals surface area contributed by atoms with Gasteiger partial charge < -0.3 is 19.6 Å². The summed E-state index contributed by atoms with van der Waals surface area (Å²) < 4.78 is 76.4. The summed E-state index contributed by atoms with van der Waals surface area (Å²) in [6.45, 7) is 3.59. The van der Waals surface area contributed by atoms with E-state index in [2.05, 4.69) is 4.98 Å². The van der Waals surface area contributed by atoms with Gasteiger partial charge in [-0.1, -0.05) is 12.2 Å². The van der Waals surface area contributed by atoms with Crippen LogP contribution >= 0.6 is 11.8 Å². The van der Waals surface area contributed by atoms with E-state index < -0.39 is 58.4 Å². The standard InChI is InChI=1S/C28H27B2F5N4O4S/c1-14-10-37(11-15(2)38(14)26(41)21(29)24(30)40)25-19-9-20(28(33,34)35)18(6-4-5-16(32)7-8-31)23-22(19)39(27(42)36-25)17(12-43-3)13-44-23/h4-9,14-15,17,40H,10-13H2,1-3H3/b6-4+,8-7+,16-5+,24-21-. The number of nitrogens with zero attached hydrogens (tertiary/aromatic N) is 4. The van der Waals surface area contributed by atoms with Crippen molar-refractivity contribution in [2.24, 2.45) is 0 Å². The van der Waals surface area contributed by atoms with E-state index in [-0.39, 0.29) is 59.0 Å². The summed E-state index contributed by atoms with van der Waals surface area (Å²) in [6.07, 6.45) is -1.46. The van der Waals surface area contributed by atoms with Gasteiger partial charge in [0.2, 0.25) is 5.91 Å². The summed E-state index contributed by atoms with van der Waals surface area (Å²) in [5, 5.41) is 9.57. The maximum absolute atomic E-state index is 14.6. The Bertz CT molecular complexity index is 1630. The van der Waals surface area contributed by atoms with Crippen LogP contribution < -0.4 is 10.6 Å². The molecular weight excluding hydrogens is 605 g/mol. The van der Waals surface area contributed by atoms with Crippen molar-refractivity contribution in [3.8, 4) is 0 Å². The highest BCUT2D eigenvalue weighted by Gasteiger charge is 2.40. The fourth-order valence-electron chi connectivity index (χ4n) is 5.56. The van der Waals surface area contributed by atoms with Gasteiger partial charge in [0.15, 0.2) is 7.85 Å². The van der Waals surface area contributed by atoms with E-state index in [1.807, 2.05) is 0 Å². The van der Waals surface area contributed by atoms with Gasteiger partial charge in [0.25, 0.3) is 0 Å².